The average molecular weight is 404 g/mol. The van der Waals surface area contributed by atoms with E-state index in [2.05, 4.69) is 0 Å². The molecular formula is C22H25FO6. The van der Waals surface area contributed by atoms with Crippen molar-refractivity contribution in [1.82, 2.24) is 0 Å². The maximum absolute atomic E-state index is 13.5. The van der Waals surface area contributed by atoms with Gasteiger partial charge in [0, 0.05) is 24.5 Å². The second-order valence-corrected chi connectivity index (χ2v) is 6.75. The largest absolute Gasteiger partial charge is 0.497 e. The summed E-state index contributed by atoms with van der Waals surface area (Å²) >= 11 is 0. The Morgan fingerprint density at radius 3 is 2.66 bits per heavy atom. The van der Waals surface area contributed by atoms with E-state index < -0.39 is 18.5 Å². The van der Waals surface area contributed by atoms with Crippen molar-refractivity contribution in [3.63, 3.8) is 0 Å². The molecule has 2 aromatic rings. The van der Waals surface area contributed by atoms with Gasteiger partial charge in [-0.3, -0.25) is 0 Å². The van der Waals surface area contributed by atoms with Crippen molar-refractivity contribution in [3.8, 4) is 17.2 Å². The third kappa shape index (κ3) is 5.47. The molecule has 7 heteroatoms. The van der Waals surface area contributed by atoms with Gasteiger partial charge in [-0.2, -0.15) is 0 Å². The lowest BCUT2D eigenvalue weighted by Crippen LogP contribution is -2.40. The average Bonchev–Trinajstić information content (AvgIpc) is 2.72. The fourth-order valence-corrected chi connectivity index (χ4v) is 3.19. The number of hydrogen-bond donors (Lipinski definition) is 2. The molecule has 2 N–H and O–H groups in total. The summed E-state index contributed by atoms with van der Waals surface area (Å²) in [7, 11) is 3.05. The van der Waals surface area contributed by atoms with E-state index in [4.69, 9.17) is 18.9 Å². The molecule has 0 radical (unpaired) electrons. The predicted molar refractivity (Wildman–Crippen MR) is 106 cm³/mol. The van der Waals surface area contributed by atoms with Gasteiger partial charge in [-0.05, 0) is 23.8 Å². The lowest BCUT2D eigenvalue weighted by molar-refractivity contribution is -0.185. The Balaban J connectivity index is 1.93. The lowest BCUT2D eigenvalue weighted by atomic mass is 10.1. The van der Waals surface area contributed by atoms with E-state index >= 15 is 0 Å². The van der Waals surface area contributed by atoms with E-state index in [0.29, 0.717) is 34.8 Å². The SMILES string of the molecule is COc1cc(/C=C/c2cccc(F)c2)c(OC2CC(O)CC(CO)O2)c(OC)c1. The van der Waals surface area contributed by atoms with Crippen LogP contribution >= 0.6 is 0 Å². The van der Waals surface area contributed by atoms with Crippen LogP contribution in [0.15, 0.2) is 36.4 Å². The summed E-state index contributed by atoms with van der Waals surface area (Å²) in [6.45, 7) is -0.205. The molecule has 6 nitrogen and oxygen atoms in total. The summed E-state index contributed by atoms with van der Waals surface area (Å²) in [4.78, 5) is 0. The molecule has 0 aromatic heterocycles. The third-order valence-electron chi connectivity index (χ3n) is 4.61. The van der Waals surface area contributed by atoms with Crippen LogP contribution in [-0.2, 0) is 4.74 Å². The smallest absolute Gasteiger partial charge is 0.202 e. The Hall–Kier alpha value is -2.61. The molecule has 1 fully saturated rings. The molecular weight excluding hydrogens is 379 g/mol. The molecule has 0 aliphatic carbocycles. The van der Waals surface area contributed by atoms with Crippen LogP contribution in [0, 0.1) is 5.82 Å². The van der Waals surface area contributed by atoms with Crippen molar-refractivity contribution in [3.05, 3.63) is 53.3 Å². The van der Waals surface area contributed by atoms with Gasteiger partial charge in [-0.1, -0.05) is 24.3 Å². The van der Waals surface area contributed by atoms with Gasteiger partial charge in [-0.25, -0.2) is 4.39 Å². The maximum Gasteiger partial charge on any atom is 0.202 e. The first-order valence-corrected chi connectivity index (χ1v) is 9.33. The number of halogens is 1. The highest BCUT2D eigenvalue weighted by molar-refractivity contribution is 5.75. The highest BCUT2D eigenvalue weighted by Crippen LogP contribution is 2.39. The molecule has 1 aliphatic heterocycles. The minimum atomic E-state index is -0.750. The summed E-state index contributed by atoms with van der Waals surface area (Å²) in [6, 6.07) is 9.65. The minimum Gasteiger partial charge on any atom is -0.497 e. The highest BCUT2D eigenvalue weighted by atomic mass is 19.1. The van der Waals surface area contributed by atoms with Crippen LogP contribution in [0.25, 0.3) is 12.2 Å². The molecule has 3 unspecified atom stereocenters. The summed E-state index contributed by atoms with van der Waals surface area (Å²) < 4.78 is 36.0. The molecule has 1 saturated heterocycles. The minimum absolute atomic E-state index is 0.205. The van der Waals surface area contributed by atoms with Crippen LogP contribution in [0.3, 0.4) is 0 Å². The summed E-state index contributed by atoms with van der Waals surface area (Å²) in [5.41, 5.74) is 1.32. The Kier molecular flexibility index (Phi) is 7.09. The summed E-state index contributed by atoms with van der Waals surface area (Å²) in [5.74, 6) is 1.06. The quantitative estimate of drug-likeness (QED) is 0.690. The summed E-state index contributed by atoms with van der Waals surface area (Å²) in [6.07, 6.45) is 2.23. The first-order chi connectivity index (χ1) is 14.0. The Bertz CT molecular complexity index is 853. The lowest BCUT2D eigenvalue weighted by Gasteiger charge is -2.32. The van der Waals surface area contributed by atoms with Crippen molar-refractivity contribution in [2.45, 2.75) is 31.3 Å². The highest BCUT2D eigenvalue weighted by Gasteiger charge is 2.30. The molecule has 3 atom stereocenters. The van der Waals surface area contributed by atoms with Gasteiger partial charge < -0.3 is 29.2 Å². The molecule has 2 aromatic carbocycles. The molecule has 1 heterocycles. The van der Waals surface area contributed by atoms with Crippen LogP contribution in [-0.4, -0.2) is 49.5 Å². The summed E-state index contributed by atoms with van der Waals surface area (Å²) in [5, 5.41) is 19.4. The molecule has 0 amide bonds. The second-order valence-electron chi connectivity index (χ2n) is 6.75. The molecule has 0 bridgehead atoms. The second kappa shape index (κ2) is 9.73. The van der Waals surface area contributed by atoms with Crippen molar-refractivity contribution in [1.29, 1.82) is 0 Å². The van der Waals surface area contributed by atoms with Crippen LogP contribution < -0.4 is 14.2 Å². The van der Waals surface area contributed by atoms with Gasteiger partial charge in [0.15, 0.2) is 11.5 Å². The Morgan fingerprint density at radius 2 is 1.97 bits per heavy atom. The number of aliphatic hydroxyl groups is 2. The van der Waals surface area contributed by atoms with Crippen LogP contribution in [0.2, 0.25) is 0 Å². The van der Waals surface area contributed by atoms with E-state index in [-0.39, 0.29) is 18.8 Å². The number of benzene rings is 2. The topological polar surface area (TPSA) is 77.4 Å². The zero-order valence-electron chi connectivity index (χ0n) is 16.4. The first-order valence-electron chi connectivity index (χ1n) is 9.33. The van der Waals surface area contributed by atoms with E-state index in [9.17, 15) is 14.6 Å². The first kappa shape index (κ1) is 21.1. The van der Waals surface area contributed by atoms with Crippen molar-refractivity contribution < 1.29 is 33.6 Å². The van der Waals surface area contributed by atoms with E-state index in [1.807, 2.05) is 0 Å². The standard InChI is InChI=1S/C22H25FO6/c1-26-18-9-15(7-6-14-4-3-5-16(23)8-14)22(20(12-18)27-2)29-21-11-17(25)10-19(13-24)28-21/h3-9,12,17,19,21,24-25H,10-11,13H2,1-2H3/b7-6+. The maximum atomic E-state index is 13.5. The van der Waals surface area contributed by atoms with Gasteiger partial charge in [0.2, 0.25) is 6.29 Å². The number of aliphatic hydroxyl groups excluding tert-OH is 2. The molecule has 29 heavy (non-hydrogen) atoms. The van der Waals surface area contributed by atoms with Crippen LogP contribution in [0.1, 0.15) is 24.0 Å². The number of hydrogen-bond acceptors (Lipinski definition) is 6. The predicted octanol–water partition coefficient (Wildman–Crippen LogP) is 3.25. The zero-order chi connectivity index (χ0) is 20.8. The number of ether oxygens (including phenoxy) is 4. The molecule has 0 spiro atoms. The van der Waals surface area contributed by atoms with E-state index in [1.54, 1.807) is 43.5 Å². The number of methoxy groups -OCH3 is 2. The molecule has 1 aliphatic rings. The normalized spacial score (nSPS) is 21.9. The van der Waals surface area contributed by atoms with Crippen LogP contribution in [0.5, 0.6) is 17.2 Å². The Morgan fingerprint density at radius 1 is 1.14 bits per heavy atom. The van der Waals surface area contributed by atoms with E-state index in [1.165, 1.54) is 19.2 Å². The van der Waals surface area contributed by atoms with Crippen LogP contribution in [0.4, 0.5) is 4.39 Å². The van der Waals surface area contributed by atoms with Gasteiger partial charge in [0.25, 0.3) is 0 Å². The van der Waals surface area contributed by atoms with Gasteiger partial charge in [0.1, 0.15) is 11.6 Å². The van der Waals surface area contributed by atoms with E-state index in [0.717, 1.165) is 0 Å². The molecule has 156 valence electrons. The monoisotopic (exact) mass is 404 g/mol. The molecule has 0 saturated carbocycles. The fourth-order valence-electron chi connectivity index (χ4n) is 3.19. The van der Waals surface area contributed by atoms with Crippen molar-refractivity contribution >= 4 is 12.2 Å². The van der Waals surface area contributed by atoms with Crippen molar-refractivity contribution in [2.24, 2.45) is 0 Å². The third-order valence-corrected chi connectivity index (χ3v) is 4.61. The van der Waals surface area contributed by atoms with Gasteiger partial charge >= 0.3 is 0 Å². The number of rotatable bonds is 7. The Labute approximate surface area is 169 Å². The fraction of sp³-hybridized carbons (Fsp3) is 0.364. The van der Waals surface area contributed by atoms with Gasteiger partial charge in [0.05, 0.1) is 33.0 Å². The zero-order valence-corrected chi connectivity index (χ0v) is 16.4. The van der Waals surface area contributed by atoms with Crippen molar-refractivity contribution in [2.75, 3.05) is 20.8 Å². The molecule has 3 rings (SSSR count). The van der Waals surface area contributed by atoms with Gasteiger partial charge in [-0.15, -0.1) is 0 Å².